The molecule has 0 bridgehead atoms. The number of aliphatic hydroxyl groups is 2. The maximum atomic E-state index is 13.5. The molecule has 1 aliphatic rings. The van der Waals surface area contributed by atoms with E-state index >= 15 is 0 Å². The van der Waals surface area contributed by atoms with Gasteiger partial charge in [0.1, 0.15) is 11.6 Å². The highest BCUT2D eigenvalue weighted by Gasteiger charge is 2.35. The van der Waals surface area contributed by atoms with Gasteiger partial charge in [0.05, 0.1) is 23.9 Å². The lowest BCUT2D eigenvalue weighted by Crippen LogP contribution is -2.51. The molecule has 0 aromatic heterocycles. The zero-order valence-corrected chi connectivity index (χ0v) is 17.8. The topological polar surface area (TPSA) is 90.8 Å². The van der Waals surface area contributed by atoms with Crippen molar-refractivity contribution in [2.75, 3.05) is 13.2 Å². The van der Waals surface area contributed by atoms with Crippen molar-refractivity contribution in [3.63, 3.8) is 0 Å². The van der Waals surface area contributed by atoms with Gasteiger partial charge >= 0.3 is 0 Å². The SMILES string of the molecule is CC(=O)N[C@@H](Cc1cc(F)cc(F)c1)[C@H](O)[C@H]1C[C@@H](OCCC(C)(C)O)CN1.Cl. The van der Waals surface area contributed by atoms with Crippen LogP contribution in [0.5, 0.6) is 0 Å². The maximum Gasteiger partial charge on any atom is 0.217 e. The van der Waals surface area contributed by atoms with E-state index in [9.17, 15) is 23.8 Å². The number of halogens is 3. The van der Waals surface area contributed by atoms with Gasteiger partial charge < -0.3 is 25.6 Å². The average Bonchev–Trinajstić information content (AvgIpc) is 2.99. The van der Waals surface area contributed by atoms with Crippen molar-refractivity contribution in [3.8, 4) is 0 Å². The van der Waals surface area contributed by atoms with Gasteiger partial charge in [-0.3, -0.25) is 4.79 Å². The highest BCUT2D eigenvalue weighted by atomic mass is 35.5. The molecule has 0 spiro atoms. The molecule has 4 atom stereocenters. The molecule has 9 heteroatoms. The van der Waals surface area contributed by atoms with Crippen LogP contribution in [0, 0.1) is 11.6 Å². The van der Waals surface area contributed by atoms with E-state index in [2.05, 4.69) is 10.6 Å². The highest BCUT2D eigenvalue weighted by molar-refractivity contribution is 5.85. The van der Waals surface area contributed by atoms with Crippen LogP contribution in [0.4, 0.5) is 8.78 Å². The second-order valence-corrected chi connectivity index (χ2v) is 8.09. The van der Waals surface area contributed by atoms with E-state index in [1.807, 2.05) is 0 Å². The zero-order chi connectivity index (χ0) is 20.9. The van der Waals surface area contributed by atoms with Crippen LogP contribution in [0.1, 0.15) is 39.2 Å². The first-order valence-corrected chi connectivity index (χ1v) is 9.51. The van der Waals surface area contributed by atoms with Gasteiger partial charge in [0, 0.05) is 32.2 Å². The number of nitrogens with one attached hydrogen (secondary N) is 2. The van der Waals surface area contributed by atoms with Crippen LogP contribution in [-0.2, 0) is 16.0 Å². The Morgan fingerprint density at radius 3 is 2.52 bits per heavy atom. The number of hydrogen-bond donors (Lipinski definition) is 4. The number of carbonyl (C=O) groups is 1. The Kier molecular flexibility index (Phi) is 9.91. The summed E-state index contributed by atoms with van der Waals surface area (Å²) in [6.45, 7) is 5.69. The minimum Gasteiger partial charge on any atom is -0.390 e. The molecule has 1 saturated heterocycles. The number of benzene rings is 1. The smallest absolute Gasteiger partial charge is 0.217 e. The van der Waals surface area contributed by atoms with E-state index < -0.39 is 29.4 Å². The molecule has 29 heavy (non-hydrogen) atoms. The number of hydrogen-bond acceptors (Lipinski definition) is 5. The lowest BCUT2D eigenvalue weighted by molar-refractivity contribution is -0.120. The standard InChI is InChI=1S/C20H30F2N2O4.ClH/c1-12(25)24-18(8-13-6-14(21)9-15(22)7-13)19(26)17-10-16(11-23-17)28-5-4-20(2,3)27;/h6-7,9,16-19,23,26-27H,4-5,8,10-11H2,1-3H3,(H,24,25);1H/t16-,17-,18+,19-;/m1./s1. The van der Waals surface area contributed by atoms with Crippen LogP contribution in [0.25, 0.3) is 0 Å². The molecule has 1 amide bonds. The summed E-state index contributed by atoms with van der Waals surface area (Å²) in [5, 5.41) is 26.4. The van der Waals surface area contributed by atoms with E-state index in [0.29, 0.717) is 31.6 Å². The van der Waals surface area contributed by atoms with Crippen molar-refractivity contribution in [2.45, 2.75) is 69.9 Å². The average molecular weight is 437 g/mol. The number of amides is 1. The van der Waals surface area contributed by atoms with Gasteiger partial charge in [0.15, 0.2) is 0 Å². The molecule has 1 aromatic rings. The normalized spacial score (nSPS) is 21.3. The van der Waals surface area contributed by atoms with Crippen LogP contribution in [0.2, 0.25) is 0 Å². The zero-order valence-electron chi connectivity index (χ0n) is 17.0. The van der Waals surface area contributed by atoms with E-state index in [-0.39, 0.29) is 36.9 Å². The number of rotatable bonds is 9. The lowest BCUT2D eigenvalue weighted by atomic mass is 9.95. The van der Waals surface area contributed by atoms with Gasteiger partial charge in [-0.1, -0.05) is 0 Å². The molecule has 1 fully saturated rings. The molecular formula is C20H31ClF2N2O4. The summed E-state index contributed by atoms with van der Waals surface area (Å²) in [6, 6.07) is 2.13. The van der Waals surface area contributed by atoms with E-state index in [0.717, 1.165) is 6.07 Å². The Morgan fingerprint density at radius 2 is 1.97 bits per heavy atom. The molecule has 0 saturated carbocycles. The summed E-state index contributed by atoms with van der Waals surface area (Å²) < 4.78 is 32.7. The van der Waals surface area contributed by atoms with Crippen molar-refractivity contribution < 1.29 is 28.5 Å². The molecular weight excluding hydrogens is 406 g/mol. The molecule has 1 heterocycles. The molecule has 6 nitrogen and oxygen atoms in total. The first-order chi connectivity index (χ1) is 13.0. The van der Waals surface area contributed by atoms with Gasteiger partial charge in [-0.2, -0.15) is 0 Å². The Labute approximate surface area is 176 Å². The van der Waals surface area contributed by atoms with E-state index in [1.54, 1.807) is 13.8 Å². The fourth-order valence-corrected chi connectivity index (χ4v) is 3.38. The van der Waals surface area contributed by atoms with Crippen molar-refractivity contribution in [2.24, 2.45) is 0 Å². The lowest BCUT2D eigenvalue weighted by Gasteiger charge is -2.28. The van der Waals surface area contributed by atoms with Crippen molar-refractivity contribution in [1.29, 1.82) is 0 Å². The molecule has 1 aliphatic heterocycles. The fourth-order valence-electron chi connectivity index (χ4n) is 3.38. The summed E-state index contributed by atoms with van der Waals surface area (Å²) in [5.41, 5.74) is -0.451. The second kappa shape index (κ2) is 11.2. The second-order valence-electron chi connectivity index (χ2n) is 8.09. The van der Waals surface area contributed by atoms with Crippen LogP contribution in [-0.4, -0.2) is 59.2 Å². The maximum absolute atomic E-state index is 13.5. The van der Waals surface area contributed by atoms with Gasteiger partial charge in [-0.15, -0.1) is 12.4 Å². The monoisotopic (exact) mass is 436 g/mol. The van der Waals surface area contributed by atoms with Gasteiger partial charge in [0.25, 0.3) is 0 Å². The molecule has 0 unspecified atom stereocenters. The molecule has 0 radical (unpaired) electrons. The van der Waals surface area contributed by atoms with Gasteiger partial charge in [-0.25, -0.2) is 8.78 Å². The Hall–Kier alpha value is -1.32. The van der Waals surface area contributed by atoms with Gasteiger partial charge in [0.2, 0.25) is 5.91 Å². The molecule has 166 valence electrons. The third-order valence-corrected chi connectivity index (χ3v) is 4.78. The summed E-state index contributed by atoms with van der Waals surface area (Å²) in [4.78, 5) is 11.6. The molecule has 2 rings (SSSR count). The Balaban J connectivity index is 0.00000420. The predicted octanol–water partition coefficient (Wildman–Crippen LogP) is 1.70. The molecule has 1 aromatic carbocycles. The molecule has 4 N–H and O–H groups in total. The number of aliphatic hydroxyl groups excluding tert-OH is 1. The Bertz CT molecular complexity index is 652. The third-order valence-electron chi connectivity index (χ3n) is 4.78. The first kappa shape index (κ1) is 25.7. The molecule has 0 aliphatic carbocycles. The van der Waals surface area contributed by atoms with Crippen LogP contribution in [0.3, 0.4) is 0 Å². The summed E-state index contributed by atoms with van der Waals surface area (Å²) >= 11 is 0. The quantitative estimate of drug-likeness (QED) is 0.473. The summed E-state index contributed by atoms with van der Waals surface area (Å²) in [5.74, 6) is -1.74. The van der Waals surface area contributed by atoms with Crippen molar-refractivity contribution in [1.82, 2.24) is 10.6 Å². The van der Waals surface area contributed by atoms with Crippen LogP contribution in [0.15, 0.2) is 18.2 Å². The van der Waals surface area contributed by atoms with Crippen molar-refractivity contribution >= 4 is 18.3 Å². The van der Waals surface area contributed by atoms with E-state index in [1.165, 1.54) is 19.1 Å². The largest absolute Gasteiger partial charge is 0.390 e. The van der Waals surface area contributed by atoms with Gasteiger partial charge in [-0.05, 0) is 50.8 Å². The summed E-state index contributed by atoms with van der Waals surface area (Å²) in [7, 11) is 0. The third kappa shape index (κ3) is 8.92. The first-order valence-electron chi connectivity index (χ1n) is 9.51. The fraction of sp³-hybridized carbons (Fsp3) is 0.650. The number of ether oxygens (including phenoxy) is 1. The van der Waals surface area contributed by atoms with Crippen LogP contribution < -0.4 is 10.6 Å². The highest BCUT2D eigenvalue weighted by Crippen LogP contribution is 2.20. The minimum absolute atomic E-state index is 0. The summed E-state index contributed by atoms with van der Waals surface area (Å²) in [6.07, 6.45) is 0.0409. The predicted molar refractivity (Wildman–Crippen MR) is 108 cm³/mol. The van der Waals surface area contributed by atoms with E-state index in [4.69, 9.17) is 4.74 Å². The van der Waals surface area contributed by atoms with Crippen molar-refractivity contribution in [3.05, 3.63) is 35.4 Å². The Morgan fingerprint density at radius 1 is 1.34 bits per heavy atom. The number of carbonyl (C=O) groups excluding carboxylic acids is 1. The van der Waals surface area contributed by atoms with Crippen LogP contribution >= 0.6 is 12.4 Å². The minimum atomic E-state index is -0.960.